The number of benzene rings is 2. The number of carbonyl (C=O) groups is 1. The monoisotopic (exact) mass is 423 g/mol. The van der Waals surface area contributed by atoms with Crippen molar-refractivity contribution in [3.8, 4) is 17.0 Å². The van der Waals surface area contributed by atoms with Crippen molar-refractivity contribution in [1.29, 1.82) is 0 Å². The van der Waals surface area contributed by atoms with Gasteiger partial charge in [0.2, 0.25) is 0 Å². The third-order valence-corrected chi connectivity index (χ3v) is 5.99. The molecule has 2 aromatic carbocycles. The van der Waals surface area contributed by atoms with Gasteiger partial charge in [-0.05, 0) is 50.1 Å². The molecule has 3 aromatic rings. The molecule has 0 aliphatic carbocycles. The molecule has 0 unspecified atom stereocenters. The maximum Gasteiger partial charge on any atom is 0.262 e. The maximum absolute atomic E-state index is 11.7. The summed E-state index contributed by atoms with van der Waals surface area (Å²) < 4.78 is 13.1. The third kappa shape index (κ3) is 3.91. The zero-order valence-corrected chi connectivity index (χ0v) is 18.4. The molecule has 30 heavy (non-hydrogen) atoms. The molecular weight excluding hydrogens is 398 g/mol. The molecule has 1 aliphatic rings. The molecule has 0 spiro atoms. The Morgan fingerprint density at radius 2 is 2.03 bits per heavy atom. The molecule has 0 saturated heterocycles. The van der Waals surface area contributed by atoms with Gasteiger partial charge in [-0.25, -0.2) is 4.99 Å². The van der Waals surface area contributed by atoms with Gasteiger partial charge in [-0.2, -0.15) is 0 Å². The number of aromatic nitrogens is 1. The standard InChI is InChI=1S/C23H25N3O3S/c1-14-6-5-7-15(2)22(14)25-23-26(16(3)11-28-4)19(13-30-23)17-8-9-20-18(10-17)24-21(27)12-29-20/h5-10,13,16H,11-12H2,1-4H3,(H,24,27)/t16-/m0/s1. The van der Waals surface area contributed by atoms with Gasteiger partial charge in [-0.1, -0.05) is 18.2 Å². The van der Waals surface area contributed by atoms with Gasteiger partial charge in [0.05, 0.1) is 29.7 Å². The Balaban J connectivity index is 1.87. The number of methoxy groups -OCH3 is 1. The lowest BCUT2D eigenvalue weighted by Gasteiger charge is -2.20. The summed E-state index contributed by atoms with van der Waals surface area (Å²) in [6.45, 7) is 6.89. The number of nitrogens with zero attached hydrogens (tertiary/aromatic N) is 2. The van der Waals surface area contributed by atoms with Gasteiger partial charge in [0.25, 0.3) is 5.91 Å². The lowest BCUT2D eigenvalue weighted by Crippen LogP contribution is -2.25. The Hall–Kier alpha value is -2.90. The number of aryl methyl sites for hydroxylation is 2. The van der Waals surface area contributed by atoms with Crippen LogP contribution in [0.2, 0.25) is 0 Å². The number of hydrogen-bond acceptors (Lipinski definition) is 5. The van der Waals surface area contributed by atoms with E-state index in [1.807, 2.05) is 18.2 Å². The van der Waals surface area contributed by atoms with Gasteiger partial charge in [0.1, 0.15) is 5.75 Å². The Morgan fingerprint density at radius 3 is 2.77 bits per heavy atom. The van der Waals surface area contributed by atoms with E-state index in [4.69, 9.17) is 14.5 Å². The van der Waals surface area contributed by atoms with Crippen LogP contribution in [0.3, 0.4) is 0 Å². The van der Waals surface area contributed by atoms with Crippen molar-refractivity contribution in [2.75, 3.05) is 25.6 Å². The fourth-order valence-electron chi connectivity index (χ4n) is 3.67. The topological polar surface area (TPSA) is 64.8 Å². The zero-order chi connectivity index (χ0) is 21.3. The van der Waals surface area contributed by atoms with Crippen LogP contribution in [0.15, 0.2) is 46.8 Å². The van der Waals surface area contributed by atoms with Gasteiger partial charge in [0, 0.05) is 18.1 Å². The van der Waals surface area contributed by atoms with Gasteiger partial charge < -0.3 is 19.4 Å². The number of ether oxygens (including phenoxy) is 2. The van der Waals surface area contributed by atoms with Gasteiger partial charge >= 0.3 is 0 Å². The summed E-state index contributed by atoms with van der Waals surface area (Å²) in [6.07, 6.45) is 0. The number of anilines is 1. The van der Waals surface area contributed by atoms with E-state index in [0.717, 1.165) is 32.9 Å². The highest BCUT2D eigenvalue weighted by Gasteiger charge is 2.19. The van der Waals surface area contributed by atoms with Gasteiger partial charge in [0.15, 0.2) is 11.4 Å². The van der Waals surface area contributed by atoms with Crippen LogP contribution in [0.4, 0.5) is 11.4 Å². The highest BCUT2D eigenvalue weighted by molar-refractivity contribution is 7.07. The van der Waals surface area contributed by atoms with E-state index in [-0.39, 0.29) is 18.6 Å². The van der Waals surface area contributed by atoms with E-state index >= 15 is 0 Å². The van der Waals surface area contributed by atoms with Crippen molar-refractivity contribution in [1.82, 2.24) is 4.57 Å². The number of nitrogens with one attached hydrogen (secondary N) is 1. The van der Waals surface area contributed by atoms with E-state index in [0.29, 0.717) is 18.0 Å². The molecule has 4 rings (SSSR count). The quantitative estimate of drug-likeness (QED) is 0.652. The summed E-state index contributed by atoms with van der Waals surface area (Å²) in [5, 5.41) is 4.99. The molecule has 0 bridgehead atoms. The second kappa shape index (κ2) is 8.45. The summed E-state index contributed by atoms with van der Waals surface area (Å²) in [5.41, 5.74) is 5.98. The molecule has 1 atom stereocenters. The predicted octanol–water partition coefficient (Wildman–Crippen LogP) is 4.60. The molecule has 1 aliphatic heterocycles. The highest BCUT2D eigenvalue weighted by Crippen LogP contribution is 2.34. The van der Waals surface area contributed by atoms with Gasteiger partial charge in [-0.15, -0.1) is 11.3 Å². The van der Waals surface area contributed by atoms with E-state index in [1.165, 1.54) is 0 Å². The maximum atomic E-state index is 11.7. The first-order chi connectivity index (χ1) is 14.5. The minimum absolute atomic E-state index is 0.0501. The lowest BCUT2D eigenvalue weighted by atomic mass is 10.1. The van der Waals surface area contributed by atoms with Crippen molar-refractivity contribution in [2.45, 2.75) is 26.8 Å². The fourth-order valence-corrected chi connectivity index (χ4v) is 4.68. The number of amides is 1. The highest BCUT2D eigenvalue weighted by atomic mass is 32.1. The third-order valence-electron chi connectivity index (χ3n) is 5.15. The second-order valence-corrected chi connectivity index (χ2v) is 8.31. The first kappa shape index (κ1) is 20.4. The van der Waals surface area contributed by atoms with Crippen LogP contribution in [-0.2, 0) is 9.53 Å². The van der Waals surface area contributed by atoms with Crippen molar-refractivity contribution in [2.24, 2.45) is 4.99 Å². The lowest BCUT2D eigenvalue weighted by molar-refractivity contribution is -0.118. The minimum Gasteiger partial charge on any atom is -0.482 e. The van der Waals surface area contributed by atoms with Crippen LogP contribution in [0.25, 0.3) is 11.3 Å². The Kier molecular flexibility index (Phi) is 5.74. The van der Waals surface area contributed by atoms with Crippen molar-refractivity contribution >= 4 is 28.6 Å². The number of fused-ring (bicyclic) bond motifs is 1. The number of rotatable bonds is 5. The van der Waals surface area contributed by atoms with Crippen molar-refractivity contribution in [3.05, 3.63) is 57.7 Å². The molecular formula is C23H25N3O3S. The normalized spacial score (nSPS) is 14.8. The van der Waals surface area contributed by atoms with Crippen LogP contribution in [0, 0.1) is 13.8 Å². The van der Waals surface area contributed by atoms with Crippen LogP contribution >= 0.6 is 11.3 Å². The second-order valence-electron chi connectivity index (χ2n) is 7.48. The molecule has 6 nitrogen and oxygen atoms in total. The number of carbonyl (C=O) groups excluding carboxylic acids is 1. The Bertz CT molecular complexity index is 1140. The molecule has 2 heterocycles. The molecule has 0 radical (unpaired) electrons. The smallest absolute Gasteiger partial charge is 0.262 e. The van der Waals surface area contributed by atoms with Crippen LogP contribution < -0.4 is 14.9 Å². The molecule has 156 valence electrons. The molecule has 7 heteroatoms. The summed E-state index contributed by atoms with van der Waals surface area (Å²) >= 11 is 1.60. The first-order valence-corrected chi connectivity index (χ1v) is 10.7. The summed E-state index contributed by atoms with van der Waals surface area (Å²) in [4.78, 5) is 17.7. The largest absolute Gasteiger partial charge is 0.482 e. The predicted molar refractivity (Wildman–Crippen MR) is 120 cm³/mol. The molecule has 1 aromatic heterocycles. The molecule has 1 amide bonds. The number of thiazole rings is 1. The van der Waals surface area contributed by atoms with Crippen LogP contribution in [0.1, 0.15) is 24.1 Å². The SMILES string of the molecule is COC[C@H](C)n1c(-c2ccc3c(c2)NC(=O)CO3)csc1=Nc1c(C)cccc1C. The van der Waals surface area contributed by atoms with Crippen molar-refractivity contribution < 1.29 is 14.3 Å². The number of para-hydroxylation sites is 1. The Labute approximate surface area is 179 Å². The van der Waals surface area contributed by atoms with Crippen molar-refractivity contribution in [3.63, 3.8) is 0 Å². The zero-order valence-electron chi connectivity index (χ0n) is 17.6. The average molecular weight is 424 g/mol. The summed E-state index contributed by atoms with van der Waals surface area (Å²) in [5.74, 6) is 0.543. The Morgan fingerprint density at radius 1 is 1.27 bits per heavy atom. The minimum atomic E-state index is -0.142. The van der Waals surface area contributed by atoms with Crippen LogP contribution in [0.5, 0.6) is 5.75 Å². The van der Waals surface area contributed by atoms with E-state index in [9.17, 15) is 4.79 Å². The summed E-state index contributed by atoms with van der Waals surface area (Å²) in [7, 11) is 1.71. The van der Waals surface area contributed by atoms with E-state index < -0.39 is 0 Å². The molecule has 0 saturated carbocycles. The van der Waals surface area contributed by atoms with Gasteiger partial charge in [-0.3, -0.25) is 4.79 Å². The molecule has 0 fully saturated rings. The van der Waals surface area contributed by atoms with E-state index in [1.54, 1.807) is 18.4 Å². The number of hydrogen-bond donors (Lipinski definition) is 1. The van der Waals surface area contributed by atoms with Crippen LogP contribution in [-0.4, -0.2) is 30.8 Å². The van der Waals surface area contributed by atoms with E-state index in [2.05, 4.69) is 54.2 Å². The fraction of sp³-hybridized carbons (Fsp3) is 0.304. The molecule has 1 N–H and O–H groups in total. The summed E-state index contributed by atoms with van der Waals surface area (Å²) in [6, 6.07) is 12.2. The first-order valence-electron chi connectivity index (χ1n) is 9.85. The average Bonchev–Trinajstić information content (AvgIpc) is 3.14.